The Morgan fingerprint density at radius 2 is 2.08 bits per heavy atom. The third-order valence-corrected chi connectivity index (χ3v) is 3.06. The van der Waals surface area contributed by atoms with Gasteiger partial charge in [-0.1, -0.05) is 33.1 Å². The summed E-state index contributed by atoms with van der Waals surface area (Å²) in [6, 6.07) is 0.0626. The Balaban J connectivity index is 2.16. The predicted octanol–water partition coefficient (Wildman–Crippen LogP) is 2.12. The van der Waals surface area contributed by atoms with Crippen LogP contribution in [0.4, 0.5) is 0 Å². The van der Waals surface area contributed by atoms with Crippen LogP contribution in [0.5, 0.6) is 0 Å². The third-order valence-electron chi connectivity index (χ3n) is 3.06. The molecule has 0 bridgehead atoms. The van der Waals surface area contributed by atoms with Crippen molar-refractivity contribution in [1.29, 1.82) is 0 Å². The molecule has 0 aromatic carbocycles. The Morgan fingerprint density at radius 3 is 2.46 bits per heavy atom. The zero-order chi connectivity index (χ0) is 9.84. The van der Waals surface area contributed by atoms with Gasteiger partial charge in [0.1, 0.15) is 5.78 Å². The van der Waals surface area contributed by atoms with E-state index in [0.29, 0.717) is 24.0 Å². The van der Waals surface area contributed by atoms with Crippen LogP contribution in [0.3, 0.4) is 0 Å². The van der Waals surface area contributed by atoms with E-state index >= 15 is 0 Å². The number of nitrogens with two attached hydrogens (primary N) is 1. The monoisotopic (exact) mass is 183 g/mol. The van der Waals surface area contributed by atoms with E-state index in [1.165, 1.54) is 19.3 Å². The van der Waals surface area contributed by atoms with Crippen LogP contribution in [0.2, 0.25) is 0 Å². The summed E-state index contributed by atoms with van der Waals surface area (Å²) in [4.78, 5) is 11.5. The lowest BCUT2D eigenvalue weighted by molar-refractivity contribution is -0.121. The zero-order valence-corrected chi connectivity index (χ0v) is 8.75. The van der Waals surface area contributed by atoms with Crippen LogP contribution < -0.4 is 5.73 Å². The number of carbonyl (C=O) groups excluding carboxylic acids is 1. The maximum atomic E-state index is 11.5. The highest BCUT2D eigenvalue weighted by atomic mass is 16.1. The van der Waals surface area contributed by atoms with E-state index in [4.69, 9.17) is 5.73 Å². The van der Waals surface area contributed by atoms with Crippen molar-refractivity contribution in [1.82, 2.24) is 0 Å². The Kier molecular flexibility index (Phi) is 3.91. The summed E-state index contributed by atoms with van der Waals surface area (Å²) in [7, 11) is 0. The van der Waals surface area contributed by atoms with Gasteiger partial charge in [0.15, 0.2) is 0 Å². The molecule has 2 N–H and O–H groups in total. The second-order valence-electron chi connectivity index (χ2n) is 4.65. The van der Waals surface area contributed by atoms with Gasteiger partial charge in [0, 0.05) is 18.9 Å². The van der Waals surface area contributed by atoms with Gasteiger partial charge in [-0.15, -0.1) is 0 Å². The molecule has 1 rings (SSSR count). The van der Waals surface area contributed by atoms with Crippen LogP contribution in [0.15, 0.2) is 0 Å². The molecule has 0 aromatic heterocycles. The number of carbonyl (C=O) groups is 1. The summed E-state index contributed by atoms with van der Waals surface area (Å²) in [6.07, 6.45) is 5.17. The van der Waals surface area contributed by atoms with E-state index in [-0.39, 0.29) is 6.04 Å². The fourth-order valence-electron chi connectivity index (χ4n) is 1.60. The molecule has 0 amide bonds. The largest absolute Gasteiger partial charge is 0.327 e. The van der Waals surface area contributed by atoms with Gasteiger partial charge in [0.2, 0.25) is 0 Å². The fourth-order valence-corrected chi connectivity index (χ4v) is 1.60. The van der Waals surface area contributed by atoms with Crippen molar-refractivity contribution < 1.29 is 4.79 Å². The maximum absolute atomic E-state index is 11.5. The van der Waals surface area contributed by atoms with Crippen molar-refractivity contribution in [3.63, 3.8) is 0 Å². The molecule has 13 heavy (non-hydrogen) atoms. The molecule has 76 valence electrons. The molecule has 2 heteroatoms. The Morgan fingerprint density at radius 1 is 1.46 bits per heavy atom. The van der Waals surface area contributed by atoms with E-state index in [1.807, 2.05) is 0 Å². The Hall–Kier alpha value is -0.370. The van der Waals surface area contributed by atoms with Gasteiger partial charge in [-0.05, 0) is 11.8 Å². The minimum absolute atomic E-state index is 0.0626. The summed E-state index contributed by atoms with van der Waals surface area (Å²) in [5.74, 6) is 1.48. The van der Waals surface area contributed by atoms with Crippen molar-refractivity contribution in [2.45, 2.75) is 52.0 Å². The minimum Gasteiger partial charge on any atom is -0.327 e. The third kappa shape index (κ3) is 3.47. The average molecular weight is 183 g/mol. The molecule has 1 unspecified atom stereocenters. The van der Waals surface area contributed by atoms with Gasteiger partial charge in [-0.2, -0.15) is 0 Å². The molecule has 0 saturated heterocycles. The lowest BCUT2D eigenvalue weighted by Gasteiger charge is -2.25. The van der Waals surface area contributed by atoms with Gasteiger partial charge in [-0.3, -0.25) is 4.79 Å². The van der Waals surface area contributed by atoms with E-state index in [9.17, 15) is 4.79 Å². The Bertz CT molecular complexity index is 173. The minimum atomic E-state index is 0.0626. The molecule has 1 aliphatic rings. The standard InChI is InChI=1S/C11H21NO/c1-8(2)11(12)7-10(13)6-9-4-3-5-9/h8-9,11H,3-7,12H2,1-2H3. The van der Waals surface area contributed by atoms with Gasteiger partial charge >= 0.3 is 0 Å². The lowest BCUT2D eigenvalue weighted by atomic mass is 9.81. The number of hydrogen-bond donors (Lipinski definition) is 1. The van der Waals surface area contributed by atoms with Crippen LogP contribution in [-0.4, -0.2) is 11.8 Å². The molecule has 1 aliphatic carbocycles. The molecule has 0 aromatic rings. The summed E-state index contributed by atoms with van der Waals surface area (Å²) in [6.45, 7) is 4.14. The molecule has 1 saturated carbocycles. The topological polar surface area (TPSA) is 43.1 Å². The van der Waals surface area contributed by atoms with Crippen molar-refractivity contribution in [3.8, 4) is 0 Å². The van der Waals surface area contributed by atoms with Gasteiger partial charge in [0.05, 0.1) is 0 Å². The molecule has 0 radical (unpaired) electrons. The molecule has 1 atom stereocenters. The van der Waals surface area contributed by atoms with E-state index in [1.54, 1.807) is 0 Å². The highest BCUT2D eigenvalue weighted by Crippen LogP contribution is 2.30. The van der Waals surface area contributed by atoms with Gasteiger partial charge < -0.3 is 5.73 Å². The van der Waals surface area contributed by atoms with Crippen LogP contribution in [-0.2, 0) is 4.79 Å². The SMILES string of the molecule is CC(C)C(N)CC(=O)CC1CCC1. The molecular weight excluding hydrogens is 162 g/mol. The first-order valence-corrected chi connectivity index (χ1v) is 5.37. The van der Waals surface area contributed by atoms with Crippen LogP contribution >= 0.6 is 0 Å². The normalized spacial score (nSPS) is 20.0. The average Bonchev–Trinajstić information content (AvgIpc) is 1.96. The van der Waals surface area contributed by atoms with E-state index in [2.05, 4.69) is 13.8 Å². The van der Waals surface area contributed by atoms with Crippen LogP contribution in [0.1, 0.15) is 46.0 Å². The first-order valence-electron chi connectivity index (χ1n) is 5.37. The molecule has 0 aliphatic heterocycles. The predicted molar refractivity (Wildman–Crippen MR) is 54.4 cm³/mol. The van der Waals surface area contributed by atoms with Gasteiger partial charge in [-0.25, -0.2) is 0 Å². The lowest BCUT2D eigenvalue weighted by Crippen LogP contribution is -2.30. The van der Waals surface area contributed by atoms with Crippen molar-refractivity contribution in [3.05, 3.63) is 0 Å². The van der Waals surface area contributed by atoms with Crippen molar-refractivity contribution in [2.24, 2.45) is 17.6 Å². The maximum Gasteiger partial charge on any atom is 0.134 e. The van der Waals surface area contributed by atoms with E-state index in [0.717, 1.165) is 6.42 Å². The molecular formula is C11H21NO. The first kappa shape index (κ1) is 10.7. The van der Waals surface area contributed by atoms with Crippen molar-refractivity contribution >= 4 is 5.78 Å². The highest BCUT2D eigenvalue weighted by Gasteiger charge is 2.22. The van der Waals surface area contributed by atoms with Crippen molar-refractivity contribution in [2.75, 3.05) is 0 Å². The summed E-state index contributed by atoms with van der Waals surface area (Å²) in [5, 5.41) is 0. The smallest absolute Gasteiger partial charge is 0.134 e. The van der Waals surface area contributed by atoms with E-state index < -0.39 is 0 Å². The molecule has 2 nitrogen and oxygen atoms in total. The molecule has 0 spiro atoms. The second-order valence-corrected chi connectivity index (χ2v) is 4.65. The quantitative estimate of drug-likeness (QED) is 0.709. The number of ketones is 1. The number of hydrogen-bond acceptors (Lipinski definition) is 2. The Labute approximate surface area is 80.9 Å². The second kappa shape index (κ2) is 4.75. The number of Topliss-reactive ketones (excluding diaryl/α,β-unsaturated/α-hetero) is 1. The molecule has 0 heterocycles. The highest BCUT2D eigenvalue weighted by molar-refractivity contribution is 5.79. The summed E-state index contributed by atoms with van der Waals surface area (Å²) < 4.78 is 0. The van der Waals surface area contributed by atoms with Gasteiger partial charge in [0.25, 0.3) is 0 Å². The number of rotatable bonds is 5. The first-order chi connectivity index (χ1) is 6.09. The van der Waals surface area contributed by atoms with Crippen LogP contribution in [0, 0.1) is 11.8 Å². The summed E-state index contributed by atoms with van der Waals surface area (Å²) >= 11 is 0. The zero-order valence-electron chi connectivity index (χ0n) is 8.75. The summed E-state index contributed by atoms with van der Waals surface area (Å²) in [5.41, 5.74) is 5.83. The van der Waals surface area contributed by atoms with Crippen LogP contribution in [0.25, 0.3) is 0 Å². The fraction of sp³-hybridized carbons (Fsp3) is 0.909. The molecule has 1 fully saturated rings.